The molecule has 1 saturated heterocycles. The van der Waals surface area contributed by atoms with Crippen LogP contribution in [0.15, 0.2) is 93.3 Å². The Morgan fingerprint density at radius 2 is 1.69 bits per heavy atom. The first kappa shape index (κ1) is 24.7. The van der Waals surface area contributed by atoms with Gasteiger partial charge in [0.25, 0.3) is 5.91 Å². The molecule has 2 aliphatic heterocycles. The highest BCUT2D eigenvalue weighted by atomic mass is 79.9. The van der Waals surface area contributed by atoms with Gasteiger partial charge in [0.1, 0.15) is 0 Å². The molecule has 0 saturated carbocycles. The molecule has 0 aromatic heterocycles. The van der Waals surface area contributed by atoms with Crippen molar-refractivity contribution in [2.75, 3.05) is 16.5 Å². The van der Waals surface area contributed by atoms with Crippen LogP contribution in [-0.2, 0) is 14.3 Å². The Balaban J connectivity index is 1.66. The van der Waals surface area contributed by atoms with Crippen molar-refractivity contribution in [2.24, 2.45) is 5.10 Å². The van der Waals surface area contributed by atoms with E-state index >= 15 is 0 Å². The molecule has 182 valence electrons. The predicted molar refractivity (Wildman–Crippen MR) is 152 cm³/mol. The third-order valence-electron chi connectivity index (χ3n) is 5.54. The SMILES string of the molecule is CCOC(=O)C1=NN(c2ccc(C)cc2)C2(S1)S/C(=C/c1ccc(Br)cc1)C(=O)N2c1ccccc1. The second kappa shape index (κ2) is 10.2. The highest BCUT2D eigenvalue weighted by Crippen LogP contribution is 2.59. The number of para-hydroxylation sites is 1. The summed E-state index contributed by atoms with van der Waals surface area (Å²) in [5, 5.41) is 6.64. The summed E-state index contributed by atoms with van der Waals surface area (Å²) in [5.74, 6) is -0.679. The zero-order valence-corrected chi connectivity index (χ0v) is 22.8. The van der Waals surface area contributed by atoms with Gasteiger partial charge in [0, 0.05) is 10.2 Å². The van der Waals surface area contributed by atoms with Gasteiger partial charge in [0.2, 0.25) is 9.37 Å². The Hall–Kier alpha value is -3.01. The fourth-order valence-electron chi connectivity index (χ4n) is 3.86. The molecule has 36 heavy (non-hydrogen) atoms. The minimum atomic E-state index is -1.09. The third kappa shape index (κ3) is 4.58. The van der Waals surface area contributed by atoms with Gasteiger partial charge in [-0.3, -0.25) is 9.69 Å². The van der Waals surface area contributed by atoms with E-state index in [0.29, 0.717) is 10.6 Å². The van der Waals surface area contributed by atoms with Crippen LogP contribution in [0.2, 0.25) is 0 Å². The van der Waals surface area contributed by atoms with Crippen molar-refractivity contribution in [2.45, 2.75) is 18.2 Å². The first-order valence-corrected chi connectivity index (χ1v) is 13.7. The molecule has 0 radical (unpaired) electrons. The molecule has 3 aromatic rings. The molecule has 1 spiro atoms. The predicted octanol–water partition coefficient (Wildman–Crippen LogP) is 6.62. The van der Waals surface area contributed by atoms with Crippen LogP contribution in [0.5, 0.6) is 0 Å². The monoisotopic (exact) mass is 579 g/mol. The van der Waals surface area contributed by atoms with Crippen LogP contribution >= 0.6 is 39.5 Å². The maximum Gasteiger partial charge on any atom is 0.365 e. The normalized spacial score (nSPS) is 20.4. The lowest BCUT2D eigenvalue weighted by atomic mass is 10.2. The fraction of sp³-hybridized carbons (Fsp3) is 0.148. The van der Waals surface area contributed by atoms with Gasteiger partial charge in [-0.1, -0.05) is 75.7 Å². The zero-order valence-electron chi connectivity index (χ0n) is 19.6. The minimum absolute atomic E-state index is 0.168. The number of hydrazone groups is 1. The van der Waals surface area contributed by atoms with Crippen molar-refractivity contribution in [3.63, 3.8) is 0 Å². The quantitative estimate of drug-likeness (QED) is 0.250. The van der Waals surface area contributed by atoms with Gasteiger partial charge in [0.15, 0.2) is 0 Å². The lowest BCUT2D eigenvalue weighted by Crippen LogP contribution is -2.51. The van der Waals surface area contributed by atoms with Gasteiger partial charge in [-0.15, -0.1) is 0 Å². The lowest BCUT2D eigenvalue weighted by Gasteiger charge is -2.38. The summed E-state index contributed by atoms with van der Waals surface area (Å²) in [4.78, 5) is 29.1. The molecule has 0 bridgehead atoms. The van der Waals surface area contributed by atoms with E-state index in [1.165, 1.54) is 23.5 Å². The molecule has 9 heteroatoms. The lowest BCUT2D eigenvalue weighted by molar-refractivity contribution is -0.134. The number of thioether (sulfide) groups is 2. The Labute approximate surface area is 226 Å². The van der Waals surface area contributed by atoms with E-state index in [0.717, 1.165) is 21.3 Å². The molecule has 2 heterocycles. The van der Waals surface area contributed by atoms with Crippen LogP contribution in [0.25, 0.3) is 6.08 Å². The number of ether oxygens (including phenoxy) is 1. The minimum Gasteiger partial charge on any atom is -0.461 e. The molecule has 1 amide bonds. The number of aryl methyl sites for hydroxylation is 1. The average molecular weight is 581 g/mol. The number of esters is 1. The number of benzene rings is 3. The summed E-state index contributed by atoms with van der Waals surface area (Å²) in [6.07, 6.45) is 1.88. The van der Waals surface area contributed by atoms with Crippen molar-refractivity contribution in [1.29, 1.82) is 0 Å². The largest absolute Gasteiger partial charge is 0.461 e. The van der Waals surface area contributed by atoms with Crippen LogP contribution < -0.4 is 9.91 Å². The molecule has 3 aromatic carbocycles. The van der Waals surface area contributed by atoms with E-state index in [4.69, 9.17) is 9.84 Å². The van der Waals surface area contributed by atoms with E-state index in [2.05, 4.69) is 15.9 Å². The van der Waals surface area contributed by atoms with Gasteiger partial charge >= 0.3 is 5.97 Å². The van der Waals surface area contributed by atoms with Gasteiger partial charge in [-0.2, -0.15) is 5.10 Å². The maximum atomic E-state index is 14.0. The topological polar surface area (TPSA) is 62.2 Å². The molecule has 6 nitrogen and oxygen atoms in total. The number of hydrogen-bond acceptors (Lipinski definition) is 7. The second-order valence-electron chi connectivity index (χ2n) is 8.06. The molecule has 0 aliphatic carbocycles. The number of amides is 1. The van der Waals surface area contributed by atoms with Crippen LogP contribution in [0, 0.1) is 6.92 Å². The molecule has 1 atom stereocenters. The maximum absolute atomic E-state index is 14.0. The van der Waals surface area contributed by atoms with E-state index < -0.39 is 10.3 Å². The molecular formula is C27H22BrN3O3S2. The van der Waals surface area contributed by atoms with E-state index in [1.54, 1.807) is 16.8 Å². The summed E-state index contributed by atoms with van der Waals surface area (Å²) in [6.45, 7) is 4.00. The van der Waals surface area contributed by atoms with Crippen molar-refractivity contribution in [3.05, 3.63) is 99.4 Å². The molecule has 0 N–H and O–H groups in total. The Bertz CT molecular complexity index is 1360. The molecule has 1 fully saturated rings. The van der Waals surface area contributed by atoms with Crippen LogP contribution in [0.3, 0.4) is 0 Å². The van der Waals surface area contributed by atoms with Crippen LogP contribution in [0.4, 0.5) is 11.4 Å². The Morgan fingerprint density at radius 1 is 1.00 bits per heavy atom. The van der Waals surface area contributed by atoms with Gasteiger partial charge in [-0.25, -0.2) is 9.80 Å². The number of hydrogen-bond donors (Lipinski definition) is 0. The number of carbonyl (C=O) groups is 2. The number of nitrogens with zero attached hydrogens (tertiary/aromatic N) is 3. The van der Waals surface area contributed by atoms with Gasteiger partial charge in [0.05, 0.1) is 17.2 Å². The number of anilines is 2. The molecular weight excluding hydrogens is 558 g/mol. The second-order valence-corrected chi connectivity index (χ2v) is 11.6. The van der Waals surface area contributed by atoms with Crippen molar-refractivity contribution in [3.8, 4) is 0 Å². The Morgan fingerprint density at radius 3 is 2.36 bits per heavy atom. The summed E-state index contributed by atoms with van der Waals surface area (Å²) in [6, 6.07) is 25.1. The highest BCUT2D eigenvalue weighted by molar-refractivity contribution is 9.10. The smallest absolute Gasteiger partial charge is 0.365 e. The summed E-state index contributed by atoms with van der Waals surface area (Å²) in [7, 11) is 0. The van der Waals surface area contributed by atoms with Gasteiger partial charge < -0.3 is 4.74 Å². The first-order valence-electron chi connectivity index (χ1n) is 11.3. The first-order chi connectivity index (χ1) is 17.4. The summed E-state index contributed by atoms with van der Waals surface area (Å²) in [5.41, 5.74) is 3.47. The molecule has 5 rings (SSSR count). The number of halogens is 1. The third-order valence-corrected chi connectivity index (χ3v) is 8.76. The van der Waals surface area contributed by atoms with E-state index in [1.807, 2.05) is 91.9 Å². The highest BCUT2D eigenvalue weighted by Gasteiger charge is 2.60. The van der Waals surface area contributed by atoms with Crippen LogP contribution in [-0.4, -0.2) is 27.9 Å². The zero-order chi connectivity index (χ0) is 25.3. The van der Waals surface area contributed by atoms with Crippen molar-refractivity contribution >= 4 is 73.8 Å². The standard InChI is InChI=1S/C27H22BrN3O3S2/c1-3-34-26(33)24-29-31(22-15-9-18(2)10-16-22)27(36-24)30(21-7-5-4-6-8-21)25(32)23(35-27)17-19-11-13-20(28)14-12-19/h4-17H,3H2,1-2H3/b23-17+. The van der Waals surface area contributed by atoms with Crippen LogP contribution in [0.1, 0.15) is 18.1 Å². The van der Waals surface area contributed by atoms with Crippen molar-refractivity contribution < 1.29 is 14.3 Å². The molecule has 1 unspecified atom stereocenters. The summed E-state index contributed by atoms with van der Waals surface area (Å²) < 4.78 is 5.16. The fourth-order valence-corrected chi connectivity index (χ4v) is 7.00. The average Bonchev–Trinajstić information content (AvgIpc) is 3.39. The summed E-state index contributed by atoms with van der Waals surface area (Å²) >= 11 is 6.05. The van der Waals surface area contributed by atoms with E-state index in [-0.39, 0.29) is 17.6 Å². The Kier molecular flexibility index (Phi) is 6.96. The molecule has 2 aliphatic rings. The van der Waals surface area contributed by atoms with E-state index in [9.17, 15) is 9.59 Å². The van der Waals surface area contributed by atoms with Crippen molar-refractivity contribution in [1.82, 2.24) is 0 Å². The van der Waals surface area contributed by atoms with Gasteiger partial charge in [-0.05, 0) is 73.6 Å². The number of carbonyl (C=O) groups excluding carboxylic acids is 2. The number of rotatable bonds is 5.